The van der Waals surface area contributed by atoms with Gasteiger partial charge in [-0.15, -0.1) is 0 Å². The lowest BCUT2D eigenvalue weighted by Crippen LogP contribution is -2.36. The summed E-state index contributed by atoms with van der Waals surface area (Å²) < 4.78 is 5.28. The van der Waals surface area contributed by atoms with Crippen molar-refractivity contribution in [3.05, 3.63) is 48.2 Å². The zero-order valence-corrected chi connectivity index (χ0v) is 18.5. The van der Waals surface area contributed by atoms with E-state index in [-0.39, 0.29) is 0 Å². The second-order valence-corrected chi connectivity index (χ2v) is 8.05. The largest absolute Gasteiger partial charge is 0.449 e. The molecule has 162 valence electrons. The average molecular weight is 410 g/mol. The minimum atomic E-state index is -0.399. The number of benzene rings is 1. The number of aromatic nitrogens is 1. The molecule has 0 fully saturated rings. The van der Waals surface area contributed by atoms with E-state index in [0.29, 0.717) is 12.6 Å². The van der Waals surface area contributed by atoms with Gasteiger partial charge in [0, 0.05) is 47.5 Å². The summed E-state index contributed by atoms with van der Waals surface area (Å²) in [4.78, 5) is 18.0. The van der Waals surface area contributed by atoms with Crippen LogP contribution in [-0.2, 0) is 4.74 Å². The number of aromatic amines is 1. The van der Waals surface area contributed by atoms with Gasteiger partial charge >= 0.3 is 6.09 Å². The maximum Gasteiger partial charge on any atom is 0.411 e. The Morgan fingerprint density at radius 1 is 1.40 bits per heavy atom. The maximum absolute atomic E-state index is 12.1. The van der Waals surface area contributed by atoms with Crippen LogP contribution in [0.5, 0.6) is 0 Å². The van der Waals surface area contributed by atoms with Gasteiger partial charge in [-0.3, -0.25) is 10.2 Å². The first-order valence-electron chi connectivity index (χ1n) is 11.2. The molecule has 1 aromatic heterocycles. The lowest BCUT2D eigenvalue weighted by atomic mass is 9.97. The number of unbranched alkanes of at least 4 members (excludes halogenated alkanes) is 1. The van der Waals surface area contributed by atoms with Crippen molar-refractivity contribution in [1.82, 2.24) is 9.88 Å². The lowest BCUT2D eigenvalue weighted by molar-refractivity contribution is 0.160. The topological polar surface area (TPSA) is 57.4 Å². The highest BCUT2D eigenvalue weighted by atomic mass is 16.5. The van der Waals surface area contributed by atoms with Crippen LogP contribution >= 0.6 is 0 Å². The van der Waals surface area contributed by atoms with E-state index < -0.39 is 6.09 Å². The Kier molecular flexibility index (Phi) is 8.14. The summed E-state index contributed by atoms with van der Waals surface area (Å²) in [6.07, 6.45) is 13.4. The molecule has 5 nitrogen and oxygen atoms in total. The molecule has 1 aliphatic heterocycles. The Morgan fingerprint density at radius 2 is 2.27 bits per heavy atom. The summed E-state index contributed by atoms with van der Waals surface area (Å²) in [5, 5.41) is 4.00. The van der Waals surface area contributed by atoms with Gasteiger partial charge < -0.3 is 9.72 Å². The predicted octanol–water partition coefficient (Wildman–Crippen LogP) is 6.35. The van der Waals surface area contributed by atoms with E-state index in [4.69, 9.17) is 4.74 Å². The lowest BCUT2D eigenvalue weighted by Gasteiger charge is -2.31. The van der Waals surface area contributed by atoms with Crippen molar-refractivity contribution >= 4 is 28.3 Å². The monoisotopic (exact) mass is 409 g/mol. The highest BCUT2D eigenvalue weighted by molar-refractivity contribution is 5.96. The van der Waals surface area contributed by atoms with E-state index in [2.05, 4.69) is 47.4 Å². The molecule has 0 bridgehead atoms. The Morgan fingerprint density at radius 3 is 3.00 bits per heavy atom. The number of nitrogens with zero attached hydrogens (tertiary/aromatic N) is 1. The molecule has 5 heteroatoms. The van der Waals surface area contributed by atoms with E-state index in [1.807, 2.05) is 31.2 Å². The third-order valence-corrected chi connectivity index (χ3v) is 5.83. The second kappa shape index (κ2) is 11.0. The van der Waals surface area contributed by atoms with Crippen LogP contribution in [0.4, 0.5) is 10.5 Å². The van der Waals surface area contributed by atoms with Crippen LogP contribution < -0.4 is 5.32 Å². The minimum absolute atomic E-state index is 0.399. The average Bonchev–Trinajstić information content (AvgIpc) is 3.17. The van der Waals surface area contributed by atoms with Gasteiger partial charge in [-0.25, -0.2) is 4.79 Å². The fourth-order valence-corrected chi connectivity index (χ4v) is 4.08. The van der Waals surface area contributed by atoms with Crippen molar-refractivity contribution in [1.29, 1.82) is 0 Å². The molecule has 1 aromatic carbocycles. The molecule has 0 spiro atoms. The van der Waals surface area contributed by atoms with Crippen LogP contribution in [0.25, 0.3) is 16.5 Å². The Hall–Kier alpha value is -2.53. The van der Waals surface area contributed by atoms with Crippen LogP contribution in [0.1, 0.15) is 58.4 Å². The van der Waals surface area contributed by atoms with E-state index in [1.54, 1.807) is 0 Å². The number of hydrogen-bond donors (Lipinski definition) is 2. The molecule has 1 atom stereocenters. The smallest absolute Gasteiger partial charge is 0.411 e. The molecule has 2 aromatic rings. The number of allylic oxidation sites excluding steroid dienone is 2. The van der Waals surface area contributed by atoms with Crippen molar-refractivity contribution in [2.24, 2.45) is 0 Å². The van der Waals surface area contributed by atoms with Gasteiger partial charge in [0.15, 0.2) is 0 Å². The number of anilines is 1. The predicted molar refractivity (Wildman–Crippen MR) is 126 cm³/mol. The molecule has 2 heterocycles. The van der Waals surface area contributed by atoms with Crippen molar-refractivity contribution < 1.29 is 9.53 Å². The van der Waals surface area contributed by atoms with Crippen LogP contribution in [-0.4, -0.2) is 41.7 Å². The highest BCUT2D eigenvalue weighted by Gasteiger charge is 2.19. The zero-order valence-electron chi connectivity index (χ0n) is 18.5. The molecular weight excluding hydrogens is 374 g/mol. The Balaban J connectivity index is 1.64. The number of carbonyl (C=O) groups excluding carboxylic acids is 1. The molecule has 0 aliphatic carbocycles. The maximum atomic E-state index is 12.1. The Bertz CT molecular complexity index is 897. The van der Waals surface area contributed by atoms with Gasteiger partial charge in [0.25, 0.3) is 0 Å². The number of nitrogens with one attached hydrogen (secondary N) is 2. The fraction of sp³-hybridized carbons (Fsp3) is 0.480. The van der Waals surface area contributed by atoms with Crippen molar-refractivity contribution in [2.45, 2.75) is 58.9 Å². The number of carbonyl (C=O) groups is 1. The van der Waals surface area contributed by atoms with Gasteiger partial charge in [0.05, 0.1) is 6.61 Å². The molecule has 1 amide bonds. The second-order valence-electron chi connectivity index (χ2n) is 8.05. The summed E-state index contributed by atoms with van der Waals surface area (Å²) in [6, 6.07) is 6.59. The van der Waals surface area contributed by atoms with Crippen LogP contribution in [0, 0.1) is 0 Å². The summed E-state index contributed by atoms with van der Waals surface area (Å²) in [5.41, 5.74) is 4.45. The summed E-state index contributed by atoms with van der Waals surface area (Å²) >= 11 is 0. The molecular formula is C25H35N3O2. The van der Waals surface area contributed by atoms with Crippen LogP contribution in [0.3, 0.4) is 0 Å². The van der Waals surface area contributed by atoms with Gasteiger partial charge in [0.1, 0.15) is 0 Å². The third-order valence-electron chi connectivity index (χ3n) is 5.83. The van der Waals surface area contributed by atoms with E-state index in [0.717, 1.165) is 48.9 Å². The number of ether oxygens (including phenoxy) is 1. The van der Waals surface area contributed by atoms with Gasteiger partial charge in [-0.1, -0.05) is 31.6 Å². The number of hydrogen-bond acceptors (Lipinski definition) is 3. The van der Waals surface area contributed by atoms with Crippen LogP contribution in [0.2, 0.25) is 0 Å². The van der Waals surface area contributed by atoms with Crippen molar-refractivity contribution in [2.75, 3.05) is 25.0 Å². The first kappa shape index (κ1) is 22.2. The van der Waals surface area contributed by atoms with Crippen molar-refractivity contribution in [3.8, 4) is 0 Å². The third kappa shape index (κ3) is 5.76. The molecule has 3 rings (SSSR count). The highest BCUT2D eigenvalue weighted by Crippen LogP contribution is 2.31. The molecule has 1 aliphatic rings. The van der Waals surface area contributed by atoms with Crippen LogP contribution in [0.15, 0.2) is 42.6 Å². The van der Waals surface area contributed by atoms with Gasteiger partial charge in [-0.05, 0) is 63.3 Å². The first-order chi connectivity index (χ1) is 14.6. The van der Waals surface area contributed by atoms with Gasteiger partial charge in [0.2, 0.25) is 0 Å². The van der Waals surface area contributed by atoms with E-state index in [1.165, 1.54) is 24.0 Å². The molecule has 2 N–H and O–H groups in total. The number of H-pyrrole nitrogens is 1. The van der Waals surface area contributed by atoms with E-state index >= 15 is 0 Å². The Labute approximate surface area is 180 Å². The normalized spacial score (nSPS) is 16.0. The molecule has 0 radical (unpaired) electrons. The minimum Gasteiger partial charge on any atom is -0.449 e. The van der Waals surface area contributed by atoms with E-state index in [9.17, 15) is 4.79 Å². The summed E-state index contributed by atoms with van der Waals surface area (Å²) in [5.74, 6) is 0. The molecule has 1 unspecified atom stereocenters. The van der Waals surface area contributed by atoms with Crippen molar-refractivity contribution in [3.63, 3.8) is 0 Å². The molecule has 30 heavy (non-hydrogen) atoms. The number of fused-ring (bicyclic) bond motifs is 1. The number of amides is 1. The SMILES string of the molecule is CC=CCCCOC(=O)Nc1ccc2[nH]cc(C3=CCN(C(C)CCC)CC3)c2c1. The quantitative estimate of drug-likeness (QED) is 0.375. The molecule has 0 saturated heterocycles. The first-order valence-corrected chi connectivity index (χ1v) is 11.2. The zero-order chi connectivity index (χ0) is 21.3. The standard InChI is InChI=1S/C25H35N3O2/c1-4-6-7-8-16-30-25(29)27-21-10-11-24-22(17-21)23(18-26-24)20-12-14-28(15-13-20)19(3)9-5-2/h4,6,10-12,17-19,26H,5,7-9,13-16H2,1-3H3,(H,27,29). The fourth-order valence-electron chi connectivity index (χ4n) is 4.08. The molecule has 0 saturated carbocycles. The summed E-state index contributed by atoms with van der Waals surface area (Å²) in [6.45, 7) is 9.08. The number of rotatable bonds is 9. The summed E-state index contributed by atoms with van der Waals surface area (Å²) in [7, 11) is 0. The van der Waals surface area contributed by atoms with Gasteiger partial charge in [-0.2, -0.15) is 0 Å².